The van der Waals surface area contributed by atoms with E-state index in [1.54, 1.807) is 0 Å². The van der Waals surface area contributed by atoms with E-state index in [4.69, 9.17) is 9.47 Å². The number of piperazine rings is 1. The number of carbonyl (C=O) groups excluding carboxylic acids is 1. The molecule has 0 aromatic rings. The molecule has 3 heterocycles. The van der Waals surface area contributed by atoms with E-state index in [0.717, 1.165) is 0 Å². The van der Waals surface area contributed by atoms with Crippen molar-refractivity contribution in [2.45, 2.75) is 48.8 Å². The predicted molar refractivity (Wildman–Crippen MR) is 107 cm³/mol. The van der Waals surface area contributed by atoms with Crippen molar-refractivity contribution in [2.75, 3.05) is 27.9 Å². The third-order valence-corrected chi connectivity index (χ3v) is 7.80. The lowest BCUT2D eigenvalue weighted by Crippen LogP contribution is -2.70. The molecular weight excluding hydrogens is 458 g/mol. The summed E-state index contributed by atoms with van der Waals surface area (Å²) in [6.45, 7) is -0.360. The summed E-state index contributed by atoms with van der Waals surface area (Å²) in [6, 6.07) is -0.0920. The zero-order valence-corrected chi connectivity index (χ0v) is 18.5. The SMILES string of the molecule is COC1(OC)C=C(Br)C(=O)C2=C1[C@H](CO)N1C(C#N)[C@@H]3C[C@@H](C(=O)O)[C@H]([C@@H]1C2)N3C. The van der Waals surface area contributed by atoms with Gasteiger partial charge in [0.1, 0.15) is 6.04 Å². The number of carbonyl (C=O) groups is 2. The molecule has 162 valence electrons. The number of ketones is 1. The fraction of sp³-hybridized carbons (Fsp3) is 0.650. The Labute approximate surface area is 182 Å². The lowest BCUT2D eigenvalue weighted by atomic mass is 9.75. The molecule has 0 aromatic heterocycles. The van der Waals surface area contributed by atoms with Gasteiger partial charge in [0.15, 0.2) is 5.78 Å². The van der Waals surface area contributed by atoms with Crippen molar-refractivity contribution in [3.05, 3.63) is 21.7 Å². The molecule has 4 aliphatic rings. The van der Waals surface area contributed by atoms with Gasteiger partial charge in [0.2, 0.25) is 5.79 Å². The van der Waals surface area contributed by atoms with Crippen LogP contribution in [0, 0.1) is 17.2 Å². The summed E-state index contributed by atoms with van der Waals surface area (Å²) < 4.78 is 11.7. The first-order chi connectivity index (χ1) is 14.3. The van der Waals surface area contributed by atoms with E-state index >= 15 is 0 Å². The van der Waals surface area contributed by atoms with Crippen molar-refractivity contribution in [2.24, 2.45) is 5.92 Å². The number of likely N-dealkylation sites (N-methyl/N-ethyl adjacent to an activating group) is 1. The van der Waals surface area contributed by atoms with Crippen LogP contribution in [-0.4, -0.2) is 95.6 Å². The van der Waals surface area contributed by atoms with Gasteiger partial charge in [-0.3, -0.25) is 19.4 Å². The van der Waals surface area contributed by atoms with Gasteiger partial charge in [-0.1, -0.05) is 0 Å². The summed E-state index contributed by atoms with van der Waals surface area (Å²) in [7, 11) is 4.75. The van der Waals surface area contributed by atoms with Crippen molar-refractivity contribution < 1.29 is 29.3 Å². The Morgan fingerprint density at radius 3 is 2.60 bits per heavy atom. The van der Waals surface area contributed by atoms with E-state index in [2.05, 4.69) is 22.0 Å². The zero-order valence-electron chi connectivity index (χ0n) is 16.9. The molecule has 0 spiro atoms. The minimum absolute atomic E-state index is 0.240. The van der Waals surface area contributed by atoms with E-state index in [1.165, 1.54) is 20.3 Å². The van der Waals surface area contributed by atoms with E-state index < -0.39 is 35.8 Å². The second kappa shape index (κ2) is 7.51. The van der Waals surface area contributed by atoms with Gasteiger partial charge in [-0.2, -0.15) is 5.26 Å². The maximum atomic E-state index is 13.1. The average Bonchev–Trinajstić information content (AvgIpc) is 2.99. The number of allylic oxidation sites excluding steroid dienone is 1. The normalized spacial score (nSPS) is 38.0. The van der Waals surface area contributed by atoms with Gasteiger partial charge in [-0.25, -0.2) is 0 Å². The van der Waals surface area contributed by atoms with Gasteiger partial charge in [0.25, 0.3) is 0 Å². The van der Waals surface area contributed by atoms with Gasteiger partial charge in [0.05, 0.1) is 29.1 Å². The summed E-state index contributed by atoms with van der Waals surface area (Å²) in [5.41, 5.74) is 0.920. The number of ether oxygens (including phenoxy) is 2. The molecule has 4 rings (SSSR count). The minimum Gasteiger partial charge on any atom is -0.481 e. The molecule has 0 amide bonds. The summed E-state index contributed by atoms with van der Waals surface area (Å²) in [5, 5.41) is 30.3. The maximum absolute atomic E-state index is 13.1. The number of aliphatic hydroxyl groups is 1. The van der Waals surface area contributed by atoms with E-state index in [1.807, 2.05) is 16.8 Å². The van der Waals surface area contributed by atoms with Crippen LogP contribution in [0.4, 0.5) is 0 Å². The number of carboxylic acids is 1. The van der Waals surface area contributed by atoms with Gasteiger partial charge in [-0.15, -0.1) is 0 Å². The molecule has 0 radical (unpaired) electrons. The highest BCUT2D eigenvalue weighted by Gasteiger charge is 2.62. The third kappa shape index (κ3) is 2.70. The Hall–Kier alpha value is -1.61. The first-order valence-electron chi connectivity index (χ1n) is 9.75. The van der Waals surface area contributed by atoms with Crippen LogP contribution >= 0.6 is 15.9 Å². The molecule has 3 aliphatic heterocycles. The standard InChI is InChI=1S/C20H24BrN3O6/c1-23-12-5-10(19(27)28)17(23)13-4-9-16(15(8-25)24(13)14(12)7-22)20(29-2,30-3)6-11(21)18(9)26/h6,10,12-15,17,25H,4-5,8H2,1-3H3,(H,27,28)/t10-,12+,13+,14?,15+,17-/m1/s1. The van der Waals surface area contributed by atoms with Crippen molar-refractivity contribution in [1.29, 1.82) is 5.26 Å². The molecule has 2 bridgehead atoms. The van der Waals surface area contributed by atoms with E-state index in [-0.39, 0.29) is 35.4 Å². The van der Waals surface area contributed by atoms with Crippen molar-refractivity contribution in [3.8, 4) is 6.07 Å². The average molecular weight is 482 g/mol. The number of Topliss-reactive ketones (excluding diaryl/α,β-unsaturated/α-hetero) is 1. The second-order valence-corrected chi connectivity index (χ2v) is 9.04. The smallest absolute Gasteiger partial charge is 0.308 e. The number of aliphatic hydroxyl groups excluding tert-OH is 1. The number of aliphatic carboxylic acids is 1. The monoisotopic (exact) mass is 481 g/mol. The number of nitrogens with zero attached hydrogens (tertiary/aromatic N) is 3. The predicted octanol–water partition coefficient (Wildman–Crippen LogP) is 0.248. The highest BCUT2D eigenvalue weighted by Crippen LogP contribution is 2.50. The Morgan fingerprint density at radius 2 is 2.07 bits per heavy atom. The number of fused-ring (bicyclic) bond motifs is 4. The summed E-state index contributed by atoms with van der Waals surface area (Å²) in [4.78, 5) is 28.9. The maximum Gasteiger partial charge on any atom is 0.308 e. The molecule has 2 N–H and O–H groups in total. The minimum atomic E-state index is -1.37. The first-order valence-corrected chi connectivity index (χ1v) is 10.5. The molecule has 10 heteroatoms. The number of carboxylic acid groups (broad SMARTS) is 1. The quantitative estimate of drug-likeness (QED) is 0.543. The van der Waals surface area contributed by atoms with Crippen LogP contribution in [0.5, 0.6) is 0 Å². The molecule has 2 fully saturated rings. The largest absolute Gasteiger partial charge is 0.481 e. The van der Waals surface area contributed by atoms with Crippen LogP contribution in [0.1, 0.15) is 12.8 Å². The third-order valence-electron chi connectivity index (χ3n) is 7.21. The number of hydrogen-bond donors (Lipinski definition) is 2. The van der Waals surface area contributed by atoms with Crippen molar-refractivity contribution >= 4 is 27.7 Å². The Balaban J connectivity index is 1.92. The highest BCUT2D eigenvalue weighted by atomic mass is 79.9. The first kappa shape index (κ1) is 21.6. The number of methoxy groups -OCH3 is 2. The molecule has 30 heavy (non-hydrogen) atoms. The number of hydrogen-bond acceptors (Lipinski definition) is 8. The van der Waals surface area contributed by atoms with E-state index in [0.29, 0.717) is 17.6 Å². The second-order valence-electron chi connectivity index (χ2n) is 8.18. The molecular formula is C20H24BrN3O6. The Morgan fingerprint density at radius 1 is 1.40 bits per heavy atom. The number of halogens is 1. The van der Waals surface area contributed by atoms with Gasteiger partial charge in [-0.05, 0) is 41.9 Å². The van der Waals surface area contributed by atoms with Gasteiger partial charge in [0, 0.05) is 43.5 Å². The van der Waals surface area contributed by atoms with Crippen molar-refractivity contribution in [1.82, 2.24) is 9.80 Å². The van der Waals surface area contributed by atoms with Crippen LogP contribution < -0.4 is 0 Å². The van der Waals surface area contributed by atoms with E-state index in [9.17, 15) is 25.1 Å². The summed E-state index contributed by atoms with van der Waals surface area (Å²) in [5.74, 6) is -3.17. The Bertz CT molecular complexity index is 891. The van der Waals surface area contributed by atoms with Gasteiger partial charge < -0.3 is 19.7 Å². The van der Waals surface area contributed by atoms with Crippen LogP contribution in [0.2, 0.25) is 0 Å². The molecule has 1 unspecified atom stereocenters. The van der Waals surface area contributed by atoms with Crippen LogP contribution in [0.15, 0.2) is 21.7 Å². The lowest BCUT2D eigenvalue weighted by molar-refractivity contribution is -0.162. The van der Waals surface area contributed by atoms with Crippen LogP contribution in [0.3, 0.4) is 0 Å². The molecule has 6 atom stereocenters. The molecule has 9 nitrogen and oxygen atoms in total. The fourth-order valence-corrected chi connectivity index (χ4v) is 6.52. The van der Waals surface area contributed by atoms with Crippen LogP contribution in [-0.2, 0) is 19.1 Å². The summed E-state index contributed by atoms with van der Waals surface area (Å²) >= 11 is 3.30. The zero-order chi connectivity index (χ0) is 22.0. The van der Waals surface area contributed by atoms with Crippen LogP contribution in [0.25, 0.3) is 0 Å². The molecule has 0 saturated carbocycles. The number of rotatable bonds is 4. The topological polar surface area (TPSA) is 123 Å². The molecule has 1 aliphatic carbocycles. The summed E-state index contributed by atoms with van der Waals surface area (Å²) in [6.07, 6.45) is 2.12. The number of nitriles is 1. The lowest BCUT2D eigenvalue weighted by Gasteiger charge is -2.56. The molecule has 0 aromatic carbocycles. The Kier molecular flexibility index (Phi) is 5.41. The fourth-order valence-electron chi connectivity index (χ4n) is 5.98. The molecule has 2 saturated heterocycles. The van der Waals surface area contributed by atoms with Crippen molar-refractivity contribution in [3.63, 3.8) is 0 Å². The van der Waals surface area contributed by atoms with Gasteiger partial charge >= 0.3 is 5.97 Å². The highest BCUT2D eigenvalue weighted by molar-refractivity contribution is 9.12.